The third-order valence-corrected chi connectivity index (χ3v) is 8.61. The zero-order valence-electron chi connectivity index (χ0n) is 20.5. The lowest BCUT2D eigenvalue weighted by Crippen LogP contribution is -2.55. The summed E-state index contributed by atoms with van der Waals surface area (Å²) in [5.74, 6) is 3.62. The number of imidazole rings is 1. The summed E-state index contributed by atoms with van der Waals surface area (Å²) in [7, 11) is 0. The number of H-pyrrole nitrogens is 1. The SMILES string of the molecule is O=C(Nc1ccc(-c2nc3ccc(C(=O)NC4C5CC6CC(C5)CC4C6)cc3[nH]2)cc1)c1cccnc1. The molecule has 4 bridgehead atoms. The normalized spacial score (nSPS) is 25.8. The van der Waals surface area contributed by atoms with Crippen LogP contribution in [-0.4, -0.2) is 32.8 Å². The molecule has 4 aromatic rings. The van der Waals surface area contributed by atoms with Crippen molar-refractivity contribution in [1.82, 2.24) is 20.3 Å². The number of aromatic amines is 1. The minimum atomic E-state index is -0.205. The lowest BCUT2D eigenvalue weighted by Gasteiger charge is -2.54. The van der Waals surface area contributed by atoms with E-state index in [-0.39, 0.29) is 11.8 Å². The first-order chi connectivity index (χ1) is 18.1. The Balaban J connectivity index is 1.05. The summed E-state index contributed by atoms with van der Waals surface area (Å²) in [5, 5.41) is 6.29. The molecule has 2 heterocycles. The van der Waals surface area contributed by atoms with Gasteiger partial charge in [-0.1, -0.05) is 0 Å². The second-order valence-electron chi connectivity index (χ2n) is 11.0. The standard InChI is InChI=1S/C30H29N5O2/c36-29(35-27-22-11-17-10-18(13-22)14-23(27)12-17)20-5-8-25-26(15-20)34-28(33-25)19-3-6-24(7-4-19)32-30(37)21-2-1-9-31-16-21/h1-9,15-18,22-23,27H,10-14H2,(H,32,37)(H,33,34)(H,35,36). The van der Waals surface area contributed by atoms with Gasteiger partial charge in [-0.15, -0.1) is 0 Å². The Morgan fingerprint density at radius 3 is 2.30 bits per heavy atom. The quantitative estimate of drug-likeness (QED) is 0.346. The molecule has 2 aromatic heterocycles. The second kappa shape index (κ2) is 8.83. The fourth-order valence-corrected chi connectivity index (χ4v) is 7.09. The molecule has 0 spiro atoms. The molecule has 0 radical (unpaired) electrons. The number of hydrogen-bond donors (Lipinski definition) is 3. The Bertz CT molecular complexity index is 1450. The van der Waals surface area contributed by atoms with Crippen LogP contribution in [0.3, 0.4) is 0 Å². The van der Waals surface area contributed by atoms with E-state index >= 15 is 0 Å². The van der Waals surface area contributed by atoms with Crippen LogP contribution in [0.25, 0.3) is 22.4 Å². The maximum Gasteiger partial charge on any atom is 0.257 e. The van der Waals surface area contributed by atoms with Gasteiger partial charge in [0.1, 0.15) is 5.82 Å². The lowest BCUT2D eigenvalue weighted by atomic mass is 9.54. The number of carbonyl (C=O) groups is 2. The zero-order chi connectivity index (χ0) is 24.9. The van der Waals surface area contributed by atoms with Crippen LogP contribution in [-0.2, 0) is 0 Å². The number of amides is 2. The molecule has 0 unspecified atom stereocenters. The van der Waals surface area contributed by atoms with E-state index in [4.69, 9.17) is 4.98 Å². The van der Waals surface area contributed by atoms with Crippen LogP contribution in [0.4, 0.5) is 5.69 Å². The van der Waals surface area contributed by atoms with Gasteiger partial charge in [0.05, 0.1) is 16.6 Å². The van der Waals surface area contributed by atoms with Crippen LogP contribution in [0.1, 0.15) is 52.8 Å². The Kier molecular flexibility index (Phi) is 5.30. The van der Waals surface area contributed by atoms with Crippen LogP contribution in [0.5, 0.6) is 0 Å². The summed E-state index contributed by atoms with van der Waals surface area (Å²) in [6, 6.07) is 17.0. The molecule has 186 valence electrons. The molecule has 4 fully saturated rings. The molecule has 0 atom stereocenters. The Labute approximate surface area is 215 Å². The lowest BCUT2D eigenvalue weighted by molar-refractivity contribution is -0.0119. The number of rotatable bonds is 5. The van der Waals surface area contributed by atoms with E-state index in [0.717, 1.165) is 34.3 Å². The first kappa shape index (κ1) is 22.2. The van der Waals surface area contributed by atoms with Crippen LogP contribution >= 0.6 is 0 Å². The van der Waals surface area contributed by atoms with Crippen molar-refractivity contribution >= 4 is 28.5 Å². The van der Waals surface area contributed by atoms with E-state index in [2.05, 4.69) is 20.6 Å². The summed E-state index contributed by atoms with van der Waals surface area (Å²) in [4.78, 5) is 37.6. The van der Waals surface area contributed by atoms with Gasteiger partial charge in [-0.25, -0.2) is 4.98 Å². The number of pyridine rings is 1. The van der Waals surface area contributed by atoms with Gasteiger partial charge in [-0.2, -0.15) is 0 Å². The fourth-order valence-electron chi connectivity index (χ4n) is 7.09. The van der Waals surface area contributed by atoms with Crippen LogP contribution < -0.4 is 10.6 Å². The molecule has 2 amide bonds. The molecule has 4 aliphatic carbocycles. The Morgan fingerprint density at radius 1 is 0.838 bits per heavy atom. The highest BCUT2D eigenvalue weighted by Gasteiger charge is 2.48. The highest BCUT2D eigenvalue weighted by Crippen LogP contribution is 2.53. The summed E-state index contributed by atoms with van der Waals surface area (Å²) in [6.07, 6.45) is 9.72. The number of aromatic nitrogens is 3. The molecule has 2 aromatic carbocycles. The second-order valence-corrected chi connectivity index (χ2v) is 11.0. The van der Waals surface area contributed by atoms with Gasteiger partial charge < -0.3 is 15.6 Å². The van der Waals surface area contributed by atoms with Crippen molar-refractivity contribution in [2.45, 2.75) is 38.1 Å². The summed E-state index contributed by atoms with van der Waals surface area (Å²) in [6.45, 7) is 0. The van der Waals surface area contributed by atoms with Crippen LogP contribution in [0, 0.1) is 23.7 Å². The Hall–Kier alpha value is -4.00. The van der Waals surface area contributed by atoms with Gasteiger partial charge in [0.25, 0.3) is 11.8 Å². The number of carbonyl (C=O) groups excluding carboxylic acids is 2. The number of nitrogens with zero attached hydrogens (tertiary/aromatic N) is 2. The third-order valence-electron chi connectivity index (χ3n) is 8.61. The van der Waals surface area contributed by atoms with E-state index in [1.165, 1.54) is 38.3 Å². The summed E-state index contributed by atoms with van der Waals surface area (Å²) >= 11 is 0. The van der Waals surface area contributed by atoms with Crippen molar-refractivity contribution in [3.8, 4) is 11.4 Å². The van der Waals surface area contributed by atoms with Crippen molar-refractivity contribution < 1.29 is 9.59 Å². The van der Waals surface area contributed by atoms with Gasteiger partial charge in [0.15, 0.2) is 0 Å². The van der Waals surface area contributed by atoms with Crippen molar-refractivity contribution in [2.24, 2.45) is 23.7 Å². The molecular formula is C30H29N5O2. The first-order valence-corrected chi connectivity index (χ1v) is 13.2. The fraction of sp³-hybridized carbons (Fsp3) is 0.333. The number of nitrogens with one attached hydrogen (secondary N) is 3. The average Bonchev–Trinajstić information content (AvgIpc) is 3.35. The molecule has 4 aliphatic rings. The summed E-state index contributed by atoms with van der Waals surface area (Å²) in [5.41, 5.74) is 4.42. The van der Waals surface area contributed by atoms with E-state index in [1.807, 2.05) is 42.5 Å². The van der Waals surface area contributed by atoms with E-state index in [1.54, 1.807) is 18.3 Å². The summed E-state index contributed by atoms with van der Waals surface area (Å²) < 4.78 is 0. The number of hydrogen-bond acceptors (Lipinski definition) is 4. The number of anilines is 1. The molecular weight excluding hydrogens is 462 g/mol. The van der Waals surface area contributed by atoms with Crippen molar-refractivity contribution in [1.29, 1.82) is 0 Å². The van der Waals surface area contributed by atoms with Gasteiger partial charge in [-0.3, -0.25) is 14.6 Å². The highest BCUT2D eigenvalue weighted by molar-refractivity contribution is 6.04. The average molecular weight is 492 g/mol. The molecule has 8 rings (SSSR count). The molecule has 0 saturated heterocycles. The van der Waals surface area contributed by atoms with Crippen LogP contribution in [0.2, 0.25) is 0 Å². The third kappa shape index (κ3) is 4.18. The van der Waals surface area contributed by atoms with Crippen LogP contribution in [0.15, 0.2) is 67.0 Å². The topological polar surface area (TPSA) is 99.8 Å². The van der Waals surface area contributed by atoms with Gasteiger partial charge in [0, 0.05) is 35.2 Å². The predicted molar refractivity (Wildman–Crippen MR) is 142 cm³/mol. The van der Waals surface area contributed by atoms with Crippen molar-refractivity contribution in [3.05, 3.63) is 78.1 Å². The largest absolute Gasteiger partial charge is 0.349 e. The van der Waals surface area contributed by atoms with E-state index < -0.39 is 0 Å². The molecule has 0 aliphatic heterocycles. The predicted octanol–water partition coefficient (Wildman–Crippen LogP) is 5.43. The molecule has 4 saturated carbocycles. The van der Waals surface area contributed by atoms with Gasteiger partial charge in [0.2, 0.25) is 0 Å². The smallest absolute Gasteiger partial charge is 0.257 e. The minimum absolute atomic E-state index is 0.0178. The first-order valence-electron chi connectivity index (χ1n) is 13.2. The monoisotopic (exact) mass is 491 g/mol. The van der Waals surface area contributed by atoms with Gasteiger partial charge >= 0.3 is 0 Å². The van der Waals surface area contributed by atoms with Crippen molar-refractivity contribution in [3.63, 3.8) is 0 Å². The Morgan fingerprint density at radius 2 is 1.59 bits per heavy atom. The van der Waals surface area contributed by atoms with Crippen molar-refractivity contribution in [2.75, 3.05) is 5.32 Å². The van der Waals surface area contributed by atoms with Gasteiger partial charge in [-0.05, 0) is 110 Å². The zero-order valence-corrected chi connectivity index (χ0v) is 20.5. The van der Waals surface area contributed by atoms with E-state index in [9.17, 15) is 9.59 Å². The molecule has 3 N–H and O–H groups in total. The molecule has 7 heteroatoms. The maximum absolute atomic E-state index is 13.2. The molecule has 7 nitrogen and oxygen atoms in total. The van der Waals surface area contributed by atoms with E-state index in [0.29, 0.717) is 34.7 Å². The number of fused-ring (bicyclic) bond motifs is 1. The maximum atomic E-state index is 13.2. The minimum Gasteiger partial charge on any atom is -0.349 e. The number of benzene rings is 2. The highest BCUT2D eigenvalue weighted by atomic mass is 16.2. The molecule has 37 heavy (non-hydrogen) atoms.